The Morgan fingerprint density at radius 2 is 0.953 bits per heavy atom. The number of hydrogen-bond acceptors (Lipinski definition) is 12. The van der Waals surface area contributed by atoms with Crippen LogP contribution in [0.3, 0.4) is 0 Å². The number of esters is 2. The molecule has 0 amide bonds. The summed E-state index contributed by atoms with van der Waals surface area (Å²) in [4.78, 5) is 77.5. The van der Waals surface area contributed by atoms with Gasteiger partial charge in [0.05, 0.1) is 37.3 Å². The van der Waals surface area contributed by atoms with Crippen molar-refractivity contribution in [3.8, 4) is 0 Å². The van der Waals surface area contributed by atoms with E-state index in [2.05, 4.69) is 53.7 Å². The first kappa shape index (κ1) is 43.5. The number of Topliss-reactive ketones (excluding diaryl/α,β-unsaturated/α-hetero) is 2. The summed E-state index contributed by atoms with van der Waals surface area (Å²) in [6.45, 7) is 18.3. The van der Waals surface area contributed by atoms with E-state index in [0.29, 0.717) is 65.0 Å². The van der Waals surface area contributed by atoms with Gasteiger partial charge < -0.3 is 38.0 Å². The zero-order chi connectivity index (χ0) is 45.5. The molecule has 12 heteroatoms. The zero-order valence-corrected chi connectivity index (χ0v) is 39.1. The van der Waals surface area contributed by atoms with Crippen LogP contribution in [-0.4, -0.2) is 86.3 Å². The summed E-state index contributed by atoms with van der Waals surface area (Å²) in [6.07, 6.45) is 14.8. The SMILES string of the molecule is CC(=O)O[C@@H]1C[C@]2(C)CC(=O)[C@@]3(C=O)[C@@H]4CCC5(OCCO5)C(C)(C)C4=CC[C@H]3[C@]23C[C@H]13.CC(=O)O[C@H]1C[C@@]2(C)CC(=O)[C@]3(C=O)[C@H]4CCC5(OCCO5)C(C)(C)C4=CC[C@@H]3[C@@]23C[C@@H]13. The van der Waals surface area contributed by atoms with Gasteiger partial charge in [-0.2, -0.15) is 0 Å². The molecule has 10 aliphatic carbocycles. The number of aldehydes is 2. The smallest absolute Gasteiger partial charge is 0.302 e. The van der Waals surface area contributed by atoms with Crippen molar-refractivity contribution in [1.82, 2.24) is 0 Å². The Balaban J connectivity index is 0.000000143. The molecule has 348 valence electrons. The molecule has 12 nitrogen and oxygen atoms in total. The fraction of sp³-hybridized carbons (Fsp3) is 0.808. The summed E-state index contributed by atoms with van der Waals surface area (Å²) in [5, 5.41) is 0. The first-order valence-electron chi connectivity index (χ1n) is 24.5. The second-order valence-corrected chi connectivity index (χ2v) is 24.1. The third-order valence-corrected chi connectivity index (χ3v) is 21.5. The van der Waals surface area contributed by atoms with Crippen molar-refractivity contribution >= 4 is 36.1 Å². The Hall–Kier alpha value is -3.06. The molecule has 10 fully saturated rings. The normalized spacial score (nSPS) is 49.4. The van der Waals surface area contributed by atoms with Crippen LogP contribution in [0.25, 0.3) is 0 Å². The quantitative estimate of drug-likeness (QED) is 0.121. The van der Waals surface area contributed by atoms with Crippen LogP contribution in [0.5, 0.6) is 0 Å². The van der Waals surface area contributed by atoms with Crippen LogP contribution in [0.15, 0.2) is 23.3 Å². The van der Waals surface area contributed by atoms with Crippen LogP contribution in [0.2, 0.25) is 0 Å². The number of rotatable bonds is 4. The zero-order valence-electron chi connectivity index (χ0n) is 39.1. The van der Waals surface area contributed by atoms with Crippen molar-refractivity contribution in [2.45, 2.75) is 156 Å². The highest BCUT2D eigenvalue weighted by atomic mass is 16.7. The van der Waals surface area contributed by atoms with Crippen LogP contribution in [0.1, 0.15) is 132 Å². The number of ether oxygens (including phenoxy) is 6. The van der Waals surface area contributed by atoms with Crippen molar-refractivity contribution in [1.29, 1.82) is 0 Å². The highest BCUT2D eigenvalue weighted by Gasteiger charge is 2.84. The summed E-state index contributed by atoms with van der Waals surface area (Å²) in [7, 11) is 0. The summed E-state index contributed by atoms with van der Waals surface area (Å²) in [6, 6.07) is 0. The molecule has 14 atom stereocenters. The van der Waals surface area contributed by atoms with E-state index >= 15 is 0 Å². The molecule has 2 heterocycles. The maximum Gasteiger partial charge on any atom is 0.302 e. The van der Waals surface area contributed by atoms with Gasteiger partial charge in [-0.25, -0.2) is 0 Å². The lowest BCUT2D eigenvalue weighted by Crippen LogP contribution is -2.64. The minimum Gasteiger partial charge on any atom is -0.462 e. The average molecular weight is 885 g/mol. The lowest BCUT2D eigenvalue weighted by atomic mass is 9.41. The van der Waals surface area contributed by atoms with Crippen LogP contribution < -0.4 is 0 Å². The van der Waals surface area contributed by atoms with Gasteiger partial charge in [-0.3, -0.25) is 19.2 Å². The number of hydrogen-bond donors (Lipinski definition) is 0. The Labute approximate surface area is 377 Å². The third kappa shape index (κ3) is 4.90. The molecular formula is C52H68O12. The molecule has 12 aliphatic rings. The van der Waals surface area contributed by atoms with Gasteiger partial charge in [0.2, 0.25) is 0 Å². The van der Waals surface area contributed by atoms with Gasteiger partial charge in [-0.05, 0) is 84.9 Å². The topological polar surface area (TPSA) is 158 Å². The van der Waals surface area contributed by atoms with Gasteiger partial charge in [-0.1, -0.05) is 64.8 Å². The van der Waals surface area contributed by atoms with Crippen LogP contribution in [-0.2, 0) is 57.2 Å². The average Bonchev–Trinajstić information content (AvgIpc) is 3.94. The molecule has 0 unspecified atom stereocenters. The molecule has 4 spiro atoms. The number of allylic oxidation sites excluding steroid dienone is 2. The van der Waals surface area contributed by atoms with E-state index in [4.69, 9.17) is 28.4 Å². The minimum absolute atomic E-state index is 0.0201. The lowest BCUT2D eigenvalue weighted by molar-refractivity contribution is -0.240. The largest absolute Gasteiger partial charge is 0.462 e. The lowest BCUT2D eigenvalue weighted by Gasteiger charge is -2.61. The van der Waals surface area contributed by atoms with E-state index in [-0.39, 0.29) is 92.9 Å². The van der Waals surface area contributed by atoms with Gasteiger partial charge in [0.1, 0.15) is 36.3 Å². The van der Waals surface area contributed by atoms with Crippen molar-refractivity contribution in [2.75, 3.05) is 26.4 Å². The first-order valence-corrected chi connectivity index (χ1v) is 24.5. The molecule has 2 aliphatic heterocycles. The monoisotopic (exact) mass is 884 g/mol. The Kier molecular flexibility index (Phi) is 9.07. The van der Waals surface area contributed by atoms with Crippen molar-refractivity contribution in [2.24, 2.45) is 78.8 Å². The standard InChI is InChI=1S/2C26H34O6/c2*1-15(28)32-19-12-23(4)13-21(29)24(14-27)17-7-8-26(30-9-10-31-26)22(2,3)16(17)5-6-20(24)25(23)11-18(19)25/h2*5,14,17-20H,6-13H2,1-4H3/t2*17-,18-,19-,20-,23-,24+,25-/m10/s1. The van der Waals surface area contributed by atoms with Gasteiger partial charge in [-0.15, -0.1) is 0 Å². The summed E-state index contributed by atoms with van der Waals surface area (Å²) in [5.41, 5.74) is -1.05. The Morgan fingerprint density at radius 3 is 1.28 bits per heavy atom. The molecular weight excluding hydrogens is 817 g/mol. The summed E-state index contributed by atoms with van der Waals surface area (Å²) >= 11 is 0. The molecule has 0 bridgehead atoms. The van der Waals surface area contributed by atoms with Crippen LogP contribution in [0.4, 0.5) is 0 Å². The molecule has 0 radical (unpaired) electrons. The molecule has 0 N–H and O–H groups in total. The minimum atomic E-state index is -0.985. The molecule has 12 rings (SSSR count). The molecule has 0 aromatic carbocycles. The van der Waals surface area contributed by atoms with E-state index in [1.54, 1.807) is 0 Å². The second kappa shape index (κ2) is 13.3. The number of fused-ring (bicyclic) bond motifs is 6. The molecule has 0 aromatic heterocycles. The highest BCUT2D eigenvalue weighted by molar-refractivity contribution is 6.02. The second-order valence-electron chi connectivity index (χ2n) is 24.1. The van der Waals surface area contributed by atoms with E-state index in [1.807, 2.05) is 0 Å². The van der Waals surface area contributed by atoms with E-state index in [9.17, 15) is 28.8 Å². The van der Waals surface area contributed by atoms with Crippen LogP contribution in [0, 0.1) is 78.8 Å². The van der Waals surface area contributed by atoms with Gasteiger partial charge >= 0.3 is 11.9 Å². The first-order chi connectivity index (χ1) is 30.2. The molecule has 64 heavy (non-hydrogen) atoms. The number of ketones is 2. The van der Waals surface area contributed by atoms with E-state index < -0.39 is 33.2 Å². The van der Waals surface area contributed by atoms with Gasteiger partial charge in [0.15, 0.2) is 11.6 Å². The van der Waals surface area contributed by atoms with E-state index in [0.717, 1.165) is 62.2 Å². The molecule has 0 aromatic rings. The predicted octanol–water partition coefficient (Wildman–Crippen LogP) is 7.24. The van der Waals surface area contributed by atoms with Gasteiger partial charge in [0, 0.05) is 74.0 Å². The number of carbonyl (C=O) groups excluding carboxylic acids is 6. The fourth-order valence-corrected chi connectivity index (χ4v) is 18.8. The van der Waals surface area contributed by atoms with Crippen molar-refractivity contribution in [3.05, 3.63) is 23.3 Å². The van der Waals surface area contributed by atoms with Crippen molar-refractivity contribution in [3.63, 3.8) is 0 Å². The van der Waals surface area contributed by atoms with Crippen LogP contribution >= 0.6 is 0 Å². The van der Waals surface area contributed by atoms with Crippen molar-refractivity contribution < 1.29 is 57.2 Å². The summed E-state index contributed by atoms with van der Waals surface area (Å²) < 4.78 is 36.0. The molecule has 2 saturated heterocycles. The maximum atomic E-state index is 14.0. The van der Waals surface area contributed by atoms with E-state index in [1.165, 1.54) is 13.8 Å². The third-order valence-electron chi connectivity index (χ3n) is 21.5. The number of carbonyl (C=O) groups is 6. The fourth-order valence-electron chi connectivity index (χ4n) is 18.8. The Morgan fingerprint density at radius 1 is 0.594 bits per heavy atom. The van der Waals surface area contributed by atoms with Gasteiger partial charge in [0.25, 0.3) is 0 Å². The maximum absolute atomic E-state index is 14.0. The molecule has 8 saturated carbocycles. The predicted molar refractivity (Wildman–Crippen MR) is 229 cm³/mol. The highest BCUT2D eigenvalue weighted by Crippen LogP contribution is 2.85. The summed E-state index contributed by atoms with van der Waals surface area (Å²) in [5.74, 6) is -1.38. The Bertz CT molecular complexity index is 2040.